The summed E-state index contributed by atoms with van der Waals surface area (Å²) >= 11 is 0. The van der Waals surface area contributed by atoms with E-state index in [0.717, 1.165) is 19.4 Å². The number of piperidine rings is 1. The molecule has 0 radical (unpaired) electrons. The monoisotopic (exact) mass is 265 g/mol. The lowest BCUT2D eigenvalue weighted by atomic mass is 10.0. The largest absolute Gasteiger partial charge is 0.377 e. The third kappa shape index (κ3) is 3.13. The van der Waals surface area contributed by atoms with Gasteiger partial charge in [-0.25, -0.2) is 4.39 Å². The van der Waals surface area contributed by atoms with E-state index in [4.69, 9.17) is 4.74 Å². The highest BCUT2D eigenvalue weighted by Gasteiger charge is 2.25. The molecule has 0 aromatic heterocycles. The predicted octanol–water partition coefficient (Wildman–Crippen LogP) is 3.03. The van der Waals surface area contributed by atoms with Crippen LogP contribution in [0, 0.1) is 5.82 Å². The van der Waals surface area contributed by atoms with E-state index in [9.17, 15) is 9.18 Å². The Kier molecular flexibility index (Phi) is 4.53. The lowest BCUT2D eigenvalue weighted by molar-refractivity contribution is 0.0525. The van der Waals surface area contributed by atoms with Gasteiger partial charge in [-0.2, -0.15) is 0 Å². The molecule has 1 unspecified atom stereocenters. The van der Waals surface area contributed by atoms with Crippen molar-refractivity contribution in [2.24, 2.45) is 0 Å². The van der Waals surface area contributed by atoms with Gasteiger partial charge in [-0.3, -0.25) is 4.79 Å². The zero-order chi connectivity index (χ0) is 13.8. The minimum absolute atomic E-state index is 0.104. The van der Waals surface area contributed by atoms with Gasteiger partial charge in [0.2, 0.25) is 0 Å². The van der Waals surface area contributed by atoms with Crippen LogP contribution >= 0.6 is 0 Å². The molecule has 1 heterocycles. The van der Waals surface area contributed by atoms with Gasteiger partial charge in [-0.1, -0.05) is 6.07 Å². The van der Waals surface area contributed by atoms with Gasteiger partial charge in [0.05, 0.1) is 11.8 Å². The first kappa shape index (κ1) is 14.0. The standard InChI is InChI=1S/C15H20FNO2/c1-3-19-12-6-5-9-17(10-12)15-13(11(2)18)7-4-8-14(15)16/h4,7-8,12H,3,5-6,9-10H2,1-2H3. The van der Waals surface area contributed by atoms with E-state index in [1.165, 1.54) is 13.0 Å². The zero-order valence-electron chi connectivity index (χ0n) is 11.5. The molecule has 1 aliphatic heterocycles. The van der Waals surface area contributed by atoms with E-state index in [1.54, 1.807) is 12.1 Å². The van der Waals surface area contributed by atoms with Crippen molar-refractivity contribution in [3.8, 4) is 0 Å². The van der Waals surface area contributed by atoms with Crippen molar-refractivity contribution in [2.45, 2.75) is 32.8 Å². The highest BCUT2D eigenvalue weighted by Crippen LogP contribution is 2.28. The van der Waals surface area contributed by atoms with Crippen LogP contribution in [0.15, 0.2) is 18.2 Å². The maximum atomic E-state index is 14.1. The molecule has 104 valence electrons. The normalized spacial score (nSPS) is 19.5. The van der Waals surface area contributed by atoms with Crippen molar-refractivity contribution in [3.63, 3.8) is 0 Å². The van der Waals surface area contributed by atoms with Crippen LogP contribution in [0.1, 0.15) is 37.0 Å². The highest BCUT2D eigenvalue weighted by molar-refractivity contribution is 5.99. The molecule has 1 aromatic carbocycles. The first-order chi connectivity index (χ1) is 9.13. The molecule has 1 fully saturated rings. The molecule has 1 aliphatic rings. The average molecular weight is 265 g/mol. The summed E-state index contributed by atoms with van der Waals surface area (Å²) < 4.78 is 19.7. The number of Topliss-reactive ketones (excluding diaryl/α,β-unsaturated/α-hetero) is 1. The number of ether oxygens (including phenoxy) is 1. The molecule has 0 bridgehead atoms. The maximum absolute atomic E-state index is 14.1. The highest BCUT2D eigenvalue weighted by atomic mass is 19.1. The van der Waals surface area contributed by atoms with Crippen LogP contribution in [0.4, 0.5) is 10.1 Å². The second-order valence-corrected chi connectivity index (χ2v) is 4.86. The number of carbonyl (C=O) groups excluding carboxylic acids is 1. The number of hydrogen-bond donors (Lipinski definition) is 0. The fourth-order valence-corrected chi connectivity index (χ4v) is 2.63. The number of carbonyl (C=O) groups is 1. The van der Waals surface area contributed by atoms with E-state index in [1.807, 2.05) is 11.8 Å². The lowest BCUT2D eigenvalue weighted by Crippen LogP contribution is -2.40. The number of hydrogen-bond acceptors (Lipinski definition) is 3. The molecule has 2 rings (SSSR count). The number of rotatable bonds is 4. The Morgan fingerprint density at radius 3 is 3.00 bits per heavy atom. The molecule has 1 saturated heterocycles. The Morgan fingerprint density at radius 2 is 2.32 bits per heavy atom. The summed E-state index contributed by atoms with van der Waals surface area (Å²) in [5.41, 5.74) is 0.886. The molecule has 0 amide bonds. The summed E-state index contributed by atoms with van der Waals surface area (Å²) in [6, 6.07) is 4.68. The van der Waals surface area contributed by atoms with Crippen molar-refractivity contribution >= 4 is 11.5 Å². The lowest BCUT2D eigenvalue weighted by Gasteiger charge is -2.35. The Balaban J connectivity index is 2.28. The first-order valence-corrected chi connectivity index (χ1v) is 6.79. The van der Waals surface area contributed by atoms with Gasteiger partial charge in [-0.15, -0.1) is 0 Å². The van der Waals surface area contributed by atoms with Crippen LogP contribution in [-0.2, 0) is 4.74 Å². The van der Waals surface area contributed by atoms with E-state index < -0.39 is 0 Å². The van der Waals surface area contributed by atoms with Gasteiger partial charge in [-0.05, 0) is 38.8 Å². The zero-order valence-corrected chi connectivity index (χ0v) is 11.5. The number of anilines is 1. The molecule has 0 saturated carbocycles. The summed E-state index contributed by atoms with van der Waals surface area (Å²) in [7, 11) is 0. The van der Waals surface area contributed by atoms with Gasteiger partial charge >= 0.3 is 0 Å². The number of ketones is 1. The molecule has 0 aliphatic carbocycles. The van der Waals surface area contributed by atoms with Crippen LogP contribution in [0.3, 0.4) is 0 Å². The average Bonchev–Trinajstić information content (AvgIpc) is 2.39. The number of benzene rings is 1. The summed E-state index contributed by atoms with van der Waals surface area (Å²) in [4.78, 5) is 13.6. The molecule has 0 N–H and O–H groups in total. The first-order valence-electron chi connectivity index (χ1n) is 6.79. The fourth-order valence-electron chi connectivity index (χ4n) is 2.63. The Labute approximate surface area is 113 Å². The van der Waals surface area contributed by atoms with Crippen LogP contribution in [-0.4, -0.2) is 31.6 Å². The molecule has 4 heteroatoms. The molecule has 0 spiro atoms. The molecule has 1 atom stereocenters. The third-order valence-electron chi connectivity index (χ3n) is 3.46. The Hall–Kier alpha value is -1.42. The van der Waals surface area contributed by atoms with Gasteiger partial charge < -0.3 is 9.64 Å². The molecule has 1 aromatic rings. The maximum Gasteiger partial charge on any atom is 0.161 e. The van der Waals surface area contributed by atoms with Gasteiger partial charge in [0.1, 0.15) is 5.82 Å². The van der Waals surface area contributed by atoms with Crippen molar-refractivity contribution in [3.05, 3.63) is 29.6 Å². The van der Waals surface area contributed by atoms with Crippen LogP contribution in [0.2, 0.25) is 0 Å². The smallest absolute Gasteiger partial charge is 0.161 e. The summed E-state index contributed by atoms with van der Waals surface area (Å²) in [6.45, 7) is 5.51. The van der Waals surface area contributed by atoms with E-state index in [-0.39, 0.29) is 17.7 Å². The van der Waals surface area contributed by atoms with Crippen LogP contribution in [0.25, 0.3) is 0 Å². The second-order valence-electron chi connectivity index (χ2n) is 4.86. The summed E-state index contributed by atoms with van der Waals surface area (Å²) in [5.74, 6) is -0.433. The van der Waals surface area contributed by atoms with Crippen LogP contribution in [0.5, 0.6) is 0 Å². The van der Waals surface area contributed by atoms with Gasteiger partial charge in [0, 0.05) is 25.3 Å². The van der Waals surface area contributed by atoms with E-state index in [0.29, 0.717) is 24.4 Å². The molecule has 3 nitrogen and oxygen atoms in total. The minimum atomic E-state index is -0.329. The number of para-hydroxylation sites is 1. The Bertz CT molecular complexity index is 459. The third-order valence-corrected chi connectivity index (χ3v) is 3.46. The predicted molar refractivity (Wildman–Crippen MR) is 73.3 cm³/mol. The SMILES string of the molecule is CCOC1CCCN(c2c(F)cccc2C(C)=O)C1. The van der Waals surface area contributed by atoms with Crippen molar-refractivity contribution < 1.29 is 13.9 Å². The topological polar surface area (TPSA) is 29.5 Å². The van der Waals surface area contributed by atoms with E-state index in [2.05, 4.69) is 0 Å². The van der Waals surface area contributed by atoms with Gasteiger partial charge in [0.15, 0.2) is 5.78 Å². The molecule has 19 heavy (non-hydrogen) atoms. The fraction of sp³-hybridized carbons (Fsp3) is 0.533. The van der Waals surface area contributed by atoms with Crippen molar-refractivity contribution in [2.75, 3.05) is 24.6 Å². The quantitative estimate of drug-likeness (QED) is 0.784. The Morgan fingerprint density at radius 1 is 1.53 bits per heavy atom. The van der Waals surface area contributed by atoms with Crippen LogP contribution < -0.4 is 4.90 Å². The van der Waals surface area contributed by atoms with Crippen molar-refractivity contribution in [1.29, 1.82) is 0 Å². The summed E-state index contributed by atoms with van der Waals surface area (Å²) in [6.07, 6.45) is 2.07. The number of halogens is 1. The molecular weight excluding hydrogens is 245 g/mol. The summed E-state index contributed by atoms with van der Waals surface area (Å²) in [5, 5.41) is 0. The second kappa shape index (κ2) is 6.15. The molecular formula is C15H20FNO2. The van der Waals surface area contributed by atoms with E-state index >= 15 is 0 Å². The van der Waals surface area contributed by atoms with Gasteiger partial charge in [0.25, 0.3) is 0 Å². The van der Waals surface area contributed by atoms with Crippen molar-refractivity contribution in [1.82, 2.24) is 0 Å². The number of nitrogens with zero attached hydrogens (tertiary/aromatic N) is 1. The minimum Gasteiger partial charge on any atom is -0.377 e.